The van der Waals surface area contributed by atoms with Gasteiger partial charge in [0, 0.05) is 72.0 Å². The molecule has 7 aromatic carbocycles. The molecule has 0 aliphatic carbocycles. The first-order valence-electron chi connectivity index (χ1n) is 26.4. The summed E-state index contributed by atoms with van der Waals surface area (Å²) in [5.74, 6) is 0.843. The third kappa shape index (κ3) is 16.5. The first-order chi connectivity index (χ1) is 40.7. The third-order valence-electron chi connectivity index (χ3n) is 12.6. The van der Waals surface area contributed by atoms with Crippen molar-refractivity contribution >= 4 is 115 Å². The lowest BCUT2D eigenvalue weighted by Gasteiger charge is -2.18. The number of fused-ring (bicyclic) bond motifs is 4. The molecule has 0 bridgehead atoms. The summed E-state index contributed by atoms with van der Waals surface area (Å²) >= 11 is 10.1. The number of carboxylic acid groups (broad SMARTS) is 1. The second kappa shape index (κ2) is 31.1. The lowest BCUT2D eigenvalue weighted by atomic mass is 10.1. The number of nitrogens with zero attached hydrogens (tertiary/aromatic N) is 6. The number of para-hydroxylation sites is 4. The number of halogens is 3. The van der Waals surface area contributed by atoms with Gasteiger partial charge in [-0.1, -0.05) is 66.7 Å². The summed E-state index contributed by atoms with van der Waals surface area (Å²) in [5.41, 5.74) is 9.26. The summed E-state index contributed by atoms with van der Waals surface area (Å²) in [5, 5.41) is 43.7. The molecule has 434 valence electrons. The van der Waals surface area contributed by atoms with Crippen LogP contribution in [0.25, 0.3) is 43.6 Å². The molecule has 0 atom stereocenters. The van der Waals surface area contributed by atoms with Crippen molar-refractivity contribution in [1.29, 1.82) is 0 Å². The van der Waals surface area contributed by atoms with E-state index < -0.39 is 5.97 Å². The number of aromatic nitrogens is 8. The van der Waals surface area contributed by atoms with E-state index >= 15 is 0 Å². The fraction of sp³-hybridized carbons (Fsp3) is 0.194. The third-order valence-corrected chi connectivity index (χ3v) is 14.6. The summed E-state index contributed by atoms with van der Waals surface area (Å²) in [6.45, 7) is 9.16. The fourth-order valence-corrected chi connectivity index (χ4v) is 9.67. The van der Waals surface area contributed by atoms with Crippen LogP contribution in [0, 0.1) is 0 Å². The van der Waals surface area contributed by atoms with E-state index in [1.54, 1.807) is 78.9 Å². The molecule has 0 radical (unpaired) electrons. The van der Waals surface area contributed by atoms with Gasteiger partial charge < -0.3 is 34.4 Å². The number of H-pyrrole nitrogens is 4. The number of nitrogens with one attached hydrogen (secondary N) is 5. The maximum Gasteiger partial charge on any atom is 0.335 e. The monoisotopic (exact) mass is 1330 g/mol. The van der Waals surface area contributed by atoms with Gasteiger partial charge in [0.1, 0.15) is 17.2 Å². The Balaban J connectivity index is 0.000000157. The number of carbonyl (C=O) groups is 4. The minimum atomic E-state index is -0.951. The van der Waals surface area contributed by atoms with Gasteiger partial charge in [-0.2, -0.15) is 20.4 Å². The van der Waals surface area contributed by atoms with E-state index in [9.17, 15) is 19.2 Å². The van der Waals surface area contributed by atoms with Crippen molar-refractivity contribution in [3.05, 3.63) is 205 Å². The van der Waals surface area contributed by atoms with E-state index in [0.29, 0.717) is 66.8 Å². The Kier molecular flexibility index (Phi) is 23.3. The minimum absolute atomic E-state index is 0.0556. The molecule has 0 saturated carbocycles. The molecule has 0 fully saturated rings. The van der Waals surface area contributed by atoms with Crippen LogP contribution in [0.5, 0.6) is 17.2 Å². The van der Waals surface area contributed by atoms with E-state index in [0.717, 1.165) is 75.6 Å². The fourth-order valence-electron chi connectivity index (χ4n) is 8.59. The zero-order chi connectivity index (χ0) is 60.1. The zero-order valence-electron chi connectivity index (χ0n) is 46.9. The van der Waals surface area contributed by atoms with Crippen molar-refractivity contribution in [2.75, 3.05) is 41.0 Å². The van der Waals surface area contributed by atoms with Gasteiger partial charge in [0.05, 0.1) is 85.7 Å². The van der Waals surface area contributed by atoms with Gasteiger partial charge >= 0.3 is 5.97 Å². The van der Waals surface area contributed by atoms with Crippen molar-refractivity contribution in [3.63, 3.8) is 0 Å². The maximum atomic E-state index is 12.7. The Morgan fingerprint density at radius 1 is 0.512 bits per heavy atom. The molecule has 11 rings (SSSR count). The van der Waals surface area contributed by atoms with Crippen molar-refractivity contribution in [3.8, 4) is 17.2 Å². The van der Waals surface area contributed by atoms with Crippen LogP contribution in [-0.2, 0) is 19.6 Å². The second-order valence-electron chi connectivity index (χ2n) is 18.4. The number of hydrogen-bond acceptors (Lipinski definition) is 12. The number of amides is 2. The van der Waals surface area contributed by atoms with Gasteiger partial charge in [0.2, 0.25) is 0 Å². The van der Waals surface area contributed by atoms with Crippen molar-refractivity contribution < 1.29 is 38.5 Å². The lowest BCUT2D eigenvalue weighted by molar-refractivity contribution is 0.0694. The molecule has 22 heteroatoms. The average molecular weight is 1330 g/mol. The highest BCUT2D eigenvalue weighted by molar-refractivity contribution is 9.11. The summed E-state index contributed by atoms with van der Waals surface area (Å²) < 4.78 is 18.7. The molecular formula is C62H62Br3N11O8. The van der Waals surface area contributed by atoms with Gasteiger partial charge in [-0.15, -0.1) is 0 Å². The maximum absolute atomic E-state index is 12.7. The summed E-state index contributed by atoms with van der Waals surface area (Å²) in [7, 11) is 5.52. The van der Waals surface area contributed by atoms with E-state index in [-0.39, 0.29) is 17.4 Å². The average Bonchev–Trinajstić information content (AvgIpc) is 4.36. The number of benzene rings is 7. The van der Waals surface area contributed by atoms with E-state index in [2.05, 4.69) is 106 Å². The molecule has 0 spiro atoms. The molecule has 11 aromatic rings. The molecule has 2 amide bonds. The number of carbonyl (C=O) groups excluding carboxylic acids is 3. The Hall–Kier alpha value is -8.70. The Morgan fingerprint density at radius 2 is 0.857 bits per heavy atom. The number of aldehydes is 1. The van der Waals surface area contributed by atoms with E-state index in [4.69, 9.17) is 19.3 Å². The molecular weight excluding hydrogens is 1270 g/mol. The number of aromatic carboxylic acids is 1. The molecule has 0 aliphatic heterocycles. The minimum Gasteiger partial charge on any atom is -0.493 e. The Bertz CT molecular complexity index is 3850. The van der Waals surface area contributed by atoms with Gasteiger partial charge in [-0.25, -0.2) is 4.79 Å². The lowest BCUT2D eigenvalue weighted by Crippen LogP contribution is -2.26. The Morgan fingerprint density at radius 3 is 1.24 bits per heavy atom. The SMILES string of the molecule is CCOc1cc(C(=O)N(C)Cc2cccc3cn[nH]c23)ccc1Br.CCOc1cc(C(=O)N(C)Cc2cccc3cn[nH]c23)ccc1Br.CCOc1cc(C(=O)O)ccc1Br.CNCc1cccc2cn[nH]c12.O=Cc1cccc2cn[nH]c12. The first kappa shape index (κ1) is 62.9. The standard InChI is InChI=1S/2C18H18BrN3O2.C9H9BrO3.C9H11N3.C8H6N2O/c2*1-3-24-16-9-12(7-8-15(16)19)18(23)22(2)11-14-6-4-5-13-10-20-21-17(13)14;1-2-13-8-5-6(9(11)12)3-4-7(8)10;1-10-5-7-3-2-4-8-6-11-12-9(7)8;11-5-7-3-1-2-6-4-9-10-8(6)7/h2*4-10H,3,11H2,1-2H3,(H,20,21);3-5H,2H2,1H3,(H,11,12);2-4,6,10H,5H2,1H3,(H,11,12);1-5H,(H,9,10). The van der Waals surface area contributed by atoms with Crippen LogP contribution < -0.4 is 19.5 Å². The number of carboxylic acids is 1. The smallest absolute Gasteiger partial charge is 0.335 e. The van der Waals surface area contributed by atoms with Crippen molar-refractivity contribution in [2.45, 2.75) is 40.4 Å². The molecule has 0 unspecified atom stereocenters. The number of aromatic amines is 4. The predicted molar refractivity (Wildman–Crippen MR) is 337 cm³/mol. The molecule has 0 aliphatic rings. The summed E-state index contributed by atoms with van der Waals surface area (Å²) in [6, 6.07) is 39.1. The largest absolute Gasteiger partial charge is 0.493 e. The van der Waals surface area contributed by atoms with Crippen LogP contribution in [0.4, 0.5) is 0 Å². The second-order valence-corrected chi connectivity index (χ2v) is 21.0. The van der Waals surface area contributed by atoms with Gasteiger partial charge in [-0.3, -0.25) is 34.8 Å². The number of ether oxygens (including phenoxy) is 3. The highest BCUT2D eigenvalue weighted by atomic mass is 79.9. The Labute approximate surface area is 509 Å². The number of hydrogen-bond donors (Lipinski definition) is 6. The van der Waals surface area contributed by atoms with E-state index in [1.165, 1.54) is 23.1 Å². The number of rotatable bonds is 16. The predicted octanol–water partition coefficient (Wildman–Crippen LogP) is 13.2. The highest BCUT2D eigenvalue weighted by Gasteiger charge is 2.18. The van der Waals surface area contributed by atoms with E-state index in [1.807, 2.05) is 101 Å². The van der Waals surface area contributed by atoms with Crippen LogP contribution in [0.15, 0.2) is 166 Å². The quantitative estimate of drug-likeness (QED) is 0.0493. The zero-order valence-corrected chi connectivity index (χ0v) is 51.6. The van der Waals surface area contributed by atoms with Crippen molar-refractivity contribution in [1.82, 2.24) is 55.9 Å². The van der Waals surface area contributed by atoms with Crippen LogP contribution in [0.2, 0.25) is 0 Å². The molecule has 84 heavy (non-hydrogen) atoms. The summed E-state index contributed by atoms with van der Waals surface area (Å²) in [4.78, 5) is 49.9. The van der Waals surface area contributed by atoms with Crippen LogP contribution in [0.3, 0.4) is 0 Å². The van der Waals surface area contributed by atoms with Gasteiger partial charge in [0.15, 0.2) is 6.29 Å². The van der Waals surface area contributed by atoms with Crippen LogP contribution in [0.1, 0.15) is 78.9 Å². The van der Waals surface area contributed by atoms with Crippen LogP contribution >= 0.6 is 47.8 Å². The molecule has 4 aromatic heterocycles. The summed E-state index contributed by atoms with van der Waals surface area (Å²) in [6.07, 6.45) is 7.92. The highest BCUT2D eigenvalue weighted by Crippen LogP contribution is 2.30. The molecule has 6 N–H and O–H groups in total. The topological polar surface area (TPSA) is 249 Å². The molecule has 4 heterocycles. The molecule has 0 saturated heterocycles. The van der Waals surface area contributed by atoms with Crippen molar-refractivity contribution in [2.24, 2.45) is 0 Å². The van der Waals surface area contributed by atoms with Gasteiger partial charge in [0.25, 0.3) is 11.8 Å². The van der Waals surface area contributed by atoms with Gasteiger partial charge in [-0.05, 0) is 153 Å². The van der Waals surface area contributed by atoms with Crippen LogP contribution in [-0.4, -0.2) is 121 Å². The molecule has 19 nitrogen and oxygen atoms in total. The normalized spacial score (nSPS) is 10.5. The first-order valence-corrected chi connectivity index (χ1v) is 28.8.